The van der Waals surface area contributed by atoms with Crippen LogP contribution in [-0.4, -0.2) is 29.4 Å². The van der Waals surface area contributed by atoms with Crippen molar-refractivity contribution in [2.24, 2.45) is 0 Å². The van der Waals surface area contributed by atoms with Gasteiger partial charge in [0.15, 0.2) is 0 Å². The van der Waals surface area contributed by atoms with Gasteiger partial charge in [0, 0.05) is 19.6 Å². The standard InChI is InChI=1S/C13H17FN2O/c1-13(2)12(17)16(7-6-15-13)9-10-4-3-5-11(14)8-10/h3-5,8,15H,6-7,9H2,1-2H3. The van der Waals surface area contributed by atoms with Crippen LogP contribution in [0.25, 0.3) is 0 Å². The Morgan fingerprint density at radius 3 is 2.94 bits per heavy atom. The van der Waals surface area contributed by atoms with Crippen LogP contribution in [0.2, 0.25) is 0 Å². The largest absolute Gasteiger partial charge is 0.336 e. The maximum absolute atomic E-state index is 13.1. The van der Waals surface area contributed by atoms with Crippen LogP contribution in [0.1, 0.15) is 19.4 Å². The Morgan fingerprint density at radius 2 is 2.24 bits per heavy atom. The third-order valence-corrected chi connectivity index (χ3v) is 3.03. The average Bonchev–Trinajstić information content (AvgIpc) is 2.25. The summed E-state index contributed by atoms with van der Waals surface area (Å²) in [4.78, 5) is 13.9. The van der Waals surface area contributed by atoms with Crippen molar-refractivity contribution in [3.63, 3.8) is 0 Å². The molecule has 0 aromatic heterocycles. The van der Waals surface area contributed by atoms with E-state index in [1.54, 1.807) is 11.0 Å². The molecule has 0 saturated carbocycles. The molecule has 0 unspecified atom stereocenters. The van der Waals surface area contributed by atoms with Gasteiger partial charge >= 0.3 is 0 Å². The van der Waals surface area contributed by atoms with E-state index in [0.29, 0.717) is 13.1 Å². The molecule has 1 aromatic carbocycles. The number of hydrogen-bond donors (Lipinski definition) is 1. The van der Waals surface area contributed by atoms with E-state index < -0.39 is 5.54 Å². The molecule has 1 aliphatic heterocycles. The summed E-state index contributed by atoms with van der Waals surface area (Å²) in [7, 11) is 0. The fraction of sp³-hybridized carbons (Fsp3) is 0.462. The predicted molar refractivity (Wildman–Crippen MR) is 63.9 cm³/mol. The molecule has 0 radical (unpaired) electrons. The fourth-order valence-electron chi connectivity index (χ4n) is 2.08. The number of rotatable bonds is 2. The summed E-state index contributed by atoms with van der Waals surface area (Å²) < 4.78 is 13.1. The lowest BCUT2D eigenvalue weighted by atomic mass is 10.0. The Hall–Kier alpha value is -1.42. The van der Waals surface area contributed by atoms with Crippen molar-refractivity contribution in [1.82, 2.24) is 10.2 Å². The van der Waals surface area contributed by atoms with Crippen LogP contribution in [0.4, 0.5) is 4.39 Å². The van der Waals surface area contributed by atoms with E-state index in [1.165, 1.54) is 12.1 Å². The Labute approximate surface area is 101 Å². The highest BCUT2D eigenvalue weighted by molar-refractivity contribution is 5.86. The summed E-state index contributed by atoms with van der Waals surface area (Å²) in [6.07, 6.45) is 0. The summed E-state index contributed by atoms with van der Waals surface area (Å²) in [5.74, 6) is -0.197. The normalized spacial score (nSPS) is 19.5. The van der Waals surface area contributed by atoms with E-state index in [-0.39, 0.29) is 11.7 Å². The van der Waals surface area contributed by atoms with Gasteiger partial charge < -0.3 is 10.2 Å². The number of nitrogens with one attached hydrogen (secondary N) is 1. The van der Waals surface area contributed by atoms with Crippen LogP contribution in [0.3, 0.4) is 0 Å². The molecule has 1 aromatic rings. The van der Waals surface area contributed by atoms with Crippen LogP contribution in [0.5, 0.6) is 0 Å². The highest BCUT2D eigenvalue weighted by Crippen LogP contribution is 2.15. The number of piperazine rings is 1. The summed E-state index contributed by atoms with van der Waals surface area (Å²) in [6.45, 7) is 5.65. The van der Waals surface area contributed by atoms with E-state index in [9.17, 15) is 9.18 Å². The number of benzene rings is 1. The van der Waals surface area contributed by atoms with Gasteiger partial charge in [-0.25, -0.2) is 4.39 Å². The van der Waals surface area contributed by atoms with Crippen LogP contribution in [-0.2, 0) is 11.3 Å². The zero-order chi connectivity index (χ0) is 12.5. The number of carbonyl (C=O) groups is 1. The Bertz CT molecular complexity index is 431. The van der Waals surface area contributed by atoms with Gasteiger partial charge in [0.1, 0.15) is 5.82 Å². The van der Waals surface area contributed by atoms with Gasteiger partial charge in [-0.15, -0.1) is 0 Å². The minimum Gasteiger partial charge on any atom is -0.336 e. The lowest BCUT2D eigenvalue weighted by molar-refractivity contribution is -0.140. The SMILES string of the molecule is CC1(C)NCCN(Cc2cccc(F)c2)C1=O. The summed E-state index contributed by atoms with van der Waals surface area (Å²) >= 11 is 0. The minimum absolute atomic E-state index is 0.0630. The lowest BCUT2D eigenvalue weighted by Gasteiger charge is -2.38. The van der Waals surface area contributed by atoms with Crippen LogP contribution in [0, 0.1) is 5.82 Å². The van der Waals surface area contributed by atoms with Crippen molar-refractivity contribution in [2.75, 3.05) is 13.1 Å². The monoisotopic (exact) mass is 236 g/mol. The van der Waals surface area contributed by atoms with Gasteiger partial charge in [0.25, 0.3) is 0 Å². The van der Waals surface area contributed by atoms with Crippen molar-refractivity contribution in [2.45, 2.75) is 25.9 Å². The van der Waals surface area contributed by atoms with Crippen molar-refractivity contribution in [3.8, 4) is 0 Å². The molecular weight excluding hydrogens is 219 g/mol. The number of hydrogen-bond acceptors (Lipinski definition) is 2. The Morgan fingerprint density at radius 1 is 1.47 bits per heavy atom. The first kappa shape index (κ1) is 12.0. The van der Waals surface area contributed by atoms with E-state index >= 15 is 0 Å². The first-order valence-electron chi connectivity index (χ1n) is 5.78. The number of nitrogens with zero attached hydrogens (tertiary/aromatic N) is 1. The zero-order valence-corrected chi connectivity index (χ0v) is 10.2. The second-order valence-electron chi connectivity index (χ2n) is 4.91. The van der Waals surface area contributed by atoms with Crippen molar-refractivity contribution in [3.05, 3.63) is 35.6 Å². The summed E-state index contributed by atoms with van der Waals surface area (Å²) in [5, 5.41) is 3.17. The van der Waals surface area contributed by atoms with Gasteiger partial charge in [0.2, 0.25) is 5.91 Å². The molecule has 17 heavy (non-hydrogen) atoms. The van der Waals surface area contributed by atoms with Crippen molar-refractivity contribution >= 4 is 5.91 Å². The zero-order valence-electron chi connectivity index (χ0n) is 10.2. The Kier molecular flexibility index (Phi) is 3.15. The third-order valence-electron chi connectivity index (χ3n) is 3.03. The van der Waals surface area contributed by atoms with Gasteiger partial charge in [-0.2, -0.15) is 0 Å². The van der Waals surface area contributed by atoms with Crippen LogP contribution < -0.4 is 5.32 Å². The Balaban J connectivity index is 2.11. The van der Waals surface area contributed by atoms with E-state index in [2.05, 4.69) is 5.32 Å². The van der Waals surface area contributed by atoms with Crippen molar-refractivity contribution < 1.29 is 9.18 Å². The molecule has 0 atom stereocenters. The molecule has 0 aliphatic carbocycles. The first-order chi connectivity index (χ1) is 7.99. The van der Waals surface area contributed by atoms with Crippen LogP contribution in [0.15, 0.2) is 24.3 Å². The molecule has 2 rings (SSSR count). The first-order valence-corrected chi connectivity index (χ1v) is 5.78. The van der Waals surface area contributed by atoms with Crippen LogP contribution >= 0.6 is 0 Å². The van der Waals surface area contributed by atoms with E-state index in [4.69, 9.17) is 0 Å². The molecule has 1 amide bonds. The molecule has 3 nitrogen and oxygen atoms in total. The van der Waals surface area contributed by atoms with Crippen molar-refractivity contribution in [1.29, 1.82) is 0 Å². The maximum Gasteiger partial charge on any atom is 0.242 e. The molecule has 4 heteroatoms. The molecule has 1 fully saturated rings. The molecule has 1 N–H and O–H groups in total. The van der Waals surface area contributed by atoms with Gasteiger partial charge in [0.05, 0.1) is 5.54 Å². The molecule has 92 valence electrons. The molecule has 1 heterocycles. The highest BCUT2D eigenvalue weighted by atomic mass is 19.1. The number of halogens is 1. The van der Waals surface area contributed by atoms with E-state index in [1.807, 2.05) is 19.9 Å². The fourth-order valence-corrected chi connectivity index (χ4v) is 2.08. The predicted octanol–water partition coefficient (Wildman–Crippen LogP) is 1.54. The third kappa shape index (κ3) is 2.64. The summed E-state index contributed by atoms with van der Waals surface area (Å²) in [5.41, 5.74) is 0.307. The lowest BCUT2D eigenvalue weighted by Crippen LogP contribution is -2.60. The minimum atomic E-state index is -0.522. The number of amides is 1. The summed E-state index contributed by atoms with van der Waals surface area (Å²) in [6, 6.07) is 6.39. The maximum atomic E-state index is 13.1. The molecular formula is C13H17FN2O. The smallest absolute Gasteiger partial charge is 0.242 e. The highest BCUT2D eigenvalue weighted by Gasteiger charge is 2.34. The second kappa shape index (κ2) is 4.45. The average molecular weight is 236 g/mol. The van der Waals surface area contributed by atoms with Gasteiger partial charge in [-0.05, 0) is 31.5 Å². The second-order valence-corrected chi connectivity index (χ2v) is 4.91. The molecule has 1 saturated heterocycles. The molecule has 1 aliphatic rings. The molecule has 0 spiro atoms. The van der Waals surface area contributed by atoms with Gasteiger partial charge in [-0.1, -0.05) is 12.1 Å². The van der Waals surface area contributed by atoms with E-state index in [0.717, 1.165) is 12.1 Å². The number of carbonyl (C=O) groups excluding carboxylic acids is 1. The quantitative estimate of drug-likeness (QED) is 0.844. The van der Waals surface area contributed by atoms with Gasteiger partial charge in [-0.3, -0.25) is 4.79 Å². The topological polar surface area (TPSA) is 32.3 Å². The molecule has 0 bridgehead atoms.